The highest BCUT2D eigenvalue weighted by Gasteiger charge is 2.42. The van der Waals surface area contributed by atoms with Gasteiger partial charge in [0.15, 0.2) is 0 Å². The zero-order chi connectivity index (χ0) is 14.0. The number of nitrogens with zero attached hydrogens (tertiary/aromatic N) is 1. The summed E-state index contributed by atoms with van der Waals surface area (Å²) in [6, 6.07) is 0. The Bertz CT molecular complexity index is 316. The minimum Gasteiger partial charge on any atom is -0.393 e. The van der Waals surface area contributed by atoms with Crippen molar-refractivity contribution >= 4 is 5.91 Å². The van der Waals surface area contributed by atoms with E-state index in [9.17, 15) is 23.1 Å². The van der Waals surface area contributed by atoms with Crippen LogP contribution < -0.4 is 0 Å². The summed E-state index contributed by atoms with van der Waals surface area (Å²) in [4.78, 5) is 13.8. The zero-order valence-electron chi connectivity index (χ0n) is 10.8. The lowest BCUT2D eigenvalue weighted by Gasteiger charge is -2.36. The van der Waals surface area contributed by atoms with Gasteiger partial charge in [0.25, 0.3) is 0 Å². The molecule has 1 saturated carbocycles. The second-order valence-electron chi connectivity index (χ2n) is 5.65. The molecule has 3 nitrogen and oxygen atoms in total. The first-order valence-corrected chi connectivity index (χ1v) is 6.91. The molecule has 19 heavy (non-hydrogen) atoms. The van der Waals surface area contributed by atoms with Crippen LogP contribution in [0.5, 0.6) is 0 Å². The quantitative estimate of drug-likeness (QED) is 0.800. The molecule has 2 aliphatic rings. The van der Waals surface area contributed by atoms with Gasteiger partial charge in [0.05, 0.1) is 12.0 Å². The monoisotopic (exact) mass is 279 g/mol. The van der Waals surface area contributed by atoms with Crippen LogP contribution in [0.2, 0.25) is 0 Å². The smallest absolute Gasteiger partial charge is 0.391 e. The molecule has 0 unspecified atom stereocenters. The molecule has 0 radical (unpaired) electrons. The standard InChI is InChI=1S/C13H20F3NO2/c14-13(15,16)10-5-7-17(8-6-10)12(19)9-1-3-11(18)4-2-9/h9-11,18H,1-8H2. The first-order valence-electron chi connectivity index (χ1n) is 6.91. The van der Waals surface area contributed by atoms with E-state index in [0.29, 0.717) is 25.7 Å². The van der Waals surface area contributed by atoms with E-state index in [0.717, 1.165) is 0 Å². The van der Waals surface area contributed by atoms with Gasteiger partial charge in [0.2, 0.25) is 5.91 Å². The number of rotatable bonds is 1. The van der Waals surface area contributed by atoms with Gasteiger partial charge >= 0.3 is 6.18 Å². The topological polar surface area (TPSA) is 40.5 Å². The van der Waals surface area contributed by atoms with Gasteiger partial charge in [-0.1, -0.05) is 0 Å². The number of hydrogen-bond acceptors (Lipinski definition) is 2. The van der Waals surface area contributed by atoms with Crippen molar-refractivity contribution in [3.8, 4) is 0 Å². The van der Waals surface area contributed by atoms with Gasteiger partial charge in [0, 0.05) is 19.0 Å². The van der Waals surface area contributed by atoms with Crippen molar-refractivity contribution in [1.82, 2.24) is 4.90 Å². The van der Waals surface area contributed by atoms with Crippen molar-refractivity contribution in [2.45, 2.75) is 50.8 Å². The Kier molecular flexibility index (Phi) is 4.38. The molecular weight excluding hydrogens is 259 g/mol. The molecule has 1 N–H and O–H groups in total. The number of likely N-dealkylation sites (tertiary alicyclic amines) is 1. The summed E-state index contributed by atoms with van der Waals surface area (Å²) in [6.07, 6.45) is -1.87. The Morgan fingerprint density at radius 1 is 1.00 bits per heavy atom. The van der Waals surface area contributed by atoms with Crippen molar-refractivity contribution in [2.24, 2.45) is 11.8 Å². The number of halogens is 3. The summed E-state index contributed by atoms with van der Waals surface area (Å²) >= 11 is 0. The lowest BCUT2D eigenvalue weighted by atomic mass is 9.85. The molecule has 110 valence electrons. The molecule has 0 atom stereocenters. The molecule has 1 aliphatic carbocycles. The lowest BCUT2D eigenvalue weighted by molar-refractivity contribution is -0.187. The maximum atomic E-state index is 12.5. The Morgan fingerprint density at radius 3 is 2.00 bits per heavy atom. The van der Waals surface area contributed by atoms with E-state index < -0.39 is 12.1 Å². The highest BCUT2D eigenvalue weighted by atomic mass is 19.4. The van der Waals surface area contributed by atoms with E-state index in [-0.39, 0.29) is 43.9 Å². The van der Waals surface area contributed by atoms with Crippen molar-refractivity contribution < 1.29 is 23.1 Å². The maximum Gasteiger partial charge on any atom is 0.391 e. The Morgan fingerprint density at radius 2 is 1.53 bits per heavy atom. The number of carbonyl (C=O) groups is 1. The molecule has 1 saturated heterocycles. The SMILES string of the molecule is O=C(C1CCC(O)CC1)N1CCC(C(F)(F)F)CC1. The summed E-state index contributed by atoms with van der Waals surface area (Å²) in [5.41, 5.74) is 0. The fourth-order valence-corrected chi connectivity index (χ4v) is 3.01. The molecular formula is C13H20F3NO2. The number of piperidine rings is 1. The van der Waals surface area contributed by atoms with Crippen LogP contribution in [0.1, 0.15) is 38.5 Å². The van der Waals surface area contributed by atoms with Crippen molar-refractivity contribution in [2.75, 3.05) is 13.1 Å². The van der Waals surface area contributed by atoms with Crippen LogP contribution >= 0.6 is 0 Å². The predicted octanol–water partition coefficient (Wildman–Crippen LogP) is 2.34. The molecule has 0 spiro atoms. The summed E-state index contributed by atoms with van der Waals surface area (Å²) in [6.45, 7) is 0.421. The van der Waals surface area contributed by atoms with Gasteiger partial charge in [-0.25, -0.2) is 0 Å². The van der Waals surface area contributed by atoms with Crippen LogP contribution in [0, 0.1) is 11.8 Å². The van der Waals surface area contributed by atoms with E-state index in [1.165, 1.54) is 0 Å². The minimum atomic E-state index is -4.13. The third-order valence-electron chi connectivity index (χ3n) is 4.32. The molecule has 1 amide bonds. The molecule has 0 bridgehead atoms. The van der Waals surface area contributed by atoms with Gasteiger partial charge in [0.1, 0.15) is 0 Å². The Balaban J connectivity index is 1.82. The maximum absolute atomic E-state index is 12.5. The van der Waals surface area contributed by atoms with E-state index in [4.69, 9.17) is 0 Å². The van der Waals surface area contributed by atoms with Gasteiger partial charge < -0.3 is 10.0 Å². The molecule has 0 aromatic rings. The highest BCUT2D eigenvalue weighted by Crippen LogP contribution is 2.35. The second kappa shape index (κ2) is 5.69. The number of aliphatic hydroxyl groups is 1. The highest BCUT2D eigenvalue weighted by molar-refractivity contribution is 5.79. The summed E-state index contributed by atoms with van der Waals surface area (Å²) in [5.74, 6) is -1.39. The van der Waals surface area contributed by atoms with Crippen LogP contribution in [0.15, 0.2) is 0 Å². The molecule has 6 heteroatoms. The molecule has 2 fully saturated rings. The van der Waals surface area contributed by atoms with Crippen LogP contribution in [0.3, 0.4) is 0 Å². The fourth-order valence-electron chi connectivity index (χ4n) is 3.01. The number of alkyl halides is 3. The zero-order valence-corrected chi connectivity index (χ0v) is 10.8. The fraction of sp³-hybridized carbons (Fsp3) is 0.923. The molecule has 1 heterocycles. The normalized spacial score (nSPS) is 30.4. The first-order chi connectivity index (χ1) is 8.88. The Labute approximate surface area is 110 Å². The number of amides is 1. The third-order valence-corrected chi connectivity index (χ3v) is 4.32. The van der Waals surface area contributed by atoms with Crippen LogP contribution in [-0.2, 0) is 4.79 Å². The van der Waals surface area contributed by atoms with Crippen molar-refractivity contribution in [3.63, 3.8) is 0 Å². The van der Waals surface area contributed by atoms with Crippen LogP contribution in [0.4, 0.5) is 13.2 Å². The second-order valence-corrected chi connectivity index (χ2v) is 5.65. The van der Waals surface area contributed by atoms with Gasteiger partial charge in [-0.05, 0) is 38.5 Å². The molecule has 0 aromatic heterocycles. The number of carbonyl (C=O) groups excluding carboxylic acids is 1. The summed E-state index contributed by atoms with van der Waals surface area (Å²) in [5, 5.41) is 9.39. The molecule has 2 rings (SSSR count). The van der Waals surface area contributed by atoms with E-state index in [2.05, 4.69) is 0 Å². The minimum absolute atomic E-state index is 0.0184. The Hall–Kier alpha value is -0.780. The lowest BCUT2D eigenvalue weighted by Crippen LogP contribution is -2.45. The average Bonchev–Trinajstić information content (AvgIpc) is 2.38. The summed E-state index contributed by atoms with van der Waals surface area (Å²) in [7, 11) is 0. The first kappa shape index (κ1) is 14.6. The number of aliphatic hydroxyl groups excluding tert-OH is 1. The predicted molar refractivity (Wildman–Crippen MR) is 63.3 cm³/mol. The molecule has 1 aliphatic heterocycles. The van der Waals surface area contributed by atoms with E-state index >= 15 is 0 Å². The van der Waals surface area contributed by atoms with Gasteiger partial charge in [-0.3, -0.25) is 4.79 Å². The number of hydrogen-bond donors (Lipinski definition) is 1. The van der Waals surface area contributed by atoms with Crippen LogP contribution in [0.25, 0.3) is 0 Å². The largest absolute Gasteiger partial charge is 0.393 e. The molecule has 0 aromatic carbocycles. The van der Waals surface area contributed by atoms with E-state index in [1.54, 1.807) is 4.90 Å². The van der Waals surface area contributed by atoms with Crippen molar-refractivity contribution in [1.29, 1.82) is 0 Å². The van der Waals surface area contributed by atoms with Crippen LogP contribution in [-0.4, -0.2) is 41.3 Å². The van der Waals surface area contributed by atoms with E-state index in [1.807, 2.05) is 0 Å². The van der Waals surface area contributed by atoms with Gasteiger partial charge in [-0.2, -0.15) is 13.2 Å². The third kappa shape index (κ3) is 3.61. The average molecular weight is 279 g/mol. The van der Waals surface area contributed by atoms with Crippen molar-refractivity contribution in [3.05, 3.63) is 0 Å². The summed E-state index contributed by atoms with van der Waals surface area (Å²) < 4.78 is 37.6. The van der Waals surface area contributed by atoms with Gasteiger partial charge in [-0.15, -0.1) is 0 Å².